The van der Waals surface area contributed by atoms with Crippen LogP contribution in [-0.4, -0.2) is 18.6 Å². The van der Waals surface area contributed by atoms with E-state index in [-0.39, 0.29) is 11.5 Å². The summed E-state index contributed by atoms with van der Waals surface area (Å²) >= 11 is 3.35. The monoisotopic (exact) mass is 230 g/mol. The standard InChI is InChI=1S/C10H18N2S2/c1-10(2)5-6(13-3)7(11)8(14-4)9(10)12/h5,9H,11-12H2,1-4H3. The summed E-state index contributed by atoms with van der Waals surface area (Å²) in [5, 5.41) is 0. The predicted octanol–water partition coefficient (Wildman–Crippen LogP) is 2.13. The minimum absolute atomic E-state index is 0.000440. The summed E-state index contributed by atoms with van der Waals surface area (Å²) in [6, 6.07) is 0.0217. The molecule has 0 radical (unpaired) electrons. The van der Waals surface area contributed by atoms with Crippen molar-refractivity contribution in [2.24, 2.45) is 16.9 Å². The Morgan fingerprint density at radius 3 is 2.29 bits per heavy atom. The first kappa shape index (κ1) is 12.0. The summed E-state index contributed by atoms with van der Waals surface area (Å²) in [5.74, 6) is 0. The summed E-state index contributed by atoms with van der Waals surface area (Å²) in [5.41, 5.74) is 13.1. The molecule has 0 fully saturated rings. The van der Waals surface area contributed by atoms with Gasteiger partial charge in [-0.05, 0) is 12.5 Å². The maximum Gasteiger partial charge on any atom is 0.0562 e. The van der Waals surface area contributed by atoms with Gasteiger partial charge in [-0.1, -0.05) is 19.9 Å². The van der Waals surface area contributed by atoms with Gasteiger partial charge in [0.1, 0.15) is 0 Å². The fourth-order valence-electron chi connectivity index (χ4n) is 1.54. The van der Waals surface area contributed by atoms with Crippen molar-refractivity contribution in [2.45, 2.75) is 19.9 Å². The molecular formula is C10H18N2S2. The maximum atomic E-state index is 6.16. The lowest BCUT2D eigenvalue weighted by molar-refractivity contribution is 0.412. The fourth-order valence-corrected chi connectivity index (χ4v) is 3.24. The number of thioether (sulfide) groups is 2. The van der Waals surface area contributed by atoms with E-state index in [4.69, 9.17) is 11.5 Å². The number of rotatable bonds is 2. The molecule has 0 aromatic heterocycles. The third-order valence-electron chi connectivity index (χ3n) is 2.56. The minimum Gasteiger partial charge on any atom is -0.397 e. The topological polar surface area (TPSA) is 52.0 Å². The molecule has 0 saturated carbocycles. The average molecular weight is 230 g/mol. The van der Waals surface area contributed by atoms with Crippen LogP contribution in [0.5, 0.6) is 0 Å². The Morgan fingerprint density at radius 1 is 1.29 bits per heavy atom. The summed E-state index contributed by atoms with van der Waals surface area (Å²) in [6.07, 6.45) is 6.25. The Kier molecular flexibility index (Phi) is 3.61. The van der Waals surface area contributed by atoms with Crippen molar-refractivity contribution in [1.29, 1.82) is 0 Å². The molecule has 1 aliphatic carbocycles. The van der Waals surface area contributed by atoms with Crippen LogP contribution in [-0.2, 0) is 0 Å². The van der Waals surface area contributed by atoms with Gasteiger partial charge in [0.2, 0.25) is 0 Å². The van der Waals surface area contributed by atoms with Gasteiger partial charge in [0.25, 0.3) is 0 Å². The van der Waals surface area contributed by atoms with Crippen molar-refractivity contribution in [3.63, 3.8) is 0 Å². The van der Waals surface area contributed by atoms with Crippen molar-refractivity contribution in [1.82, 2.24) is 0 Å². The highest BCUT2D eigenvalue weighted by molar-refractivity contribution is 8.03. The molecule has 0 aromatic carbocycles. The molecular weight excluding hydrogens is 212 g/mol. The highest BCUT2D eigenvalue weighted by atomic mass is 32.2. The van der Waals surface area contributed by atoms with E-state index in [0.29, 0.717) is 0 Å². The van der Waals surface area contributed by atoms with Crippen LogP contribution in [0.25, 0.3) is 0 Å². The van der Waals surface area contributed by atoms with E-state index in [1.807, 2.05) is 12.5 Å². The van der Waals surface area contributed by atoms with Crippen molar-refractivity contribution in [3.8, 4) is 0 Å². The third kappa shape index (κ3) is 1.97. The van der Waals surface area contributed by atoms with Gasteiger partial charge in [-0.15, -0.1) is 23.5 Å². The maximum absolute atomic E-state index is 6.16. The summed E-state index contributed by atoms with van der Waals surface area (Å²) < 4.78 is 0. The second-order valence-electron chi connectivity index (χ2n) is 3.99. The quantitative estimate of drug-likeness (QED) is 0.763. The molecule has 14 heavy (non-hydrogen) atoms. The number of hydrogen-bond donors (Lipinski definition) is 2. The molecule has 0 heterocycles. The van der Waals surface area contributed by atoms with E-state index in [1.165, 1.54) is 0 Å². The SMILES string of the molecule is CSC1=CC(C)(C)C(N)C(SC)=C1N. The molecule has 0 aromatic rings. The summed E-state index contributed by atoms with van der Waals surface area (Å²) in [7, 11) is 0. The first-order valence-corrected chi connectivity index (χ1v) is 6.95. The van der Waals surface area contributed by atoms with Gasteiger partial charge in [-0.2, -0.15) is 0 Å². The predicted molar refractivity (Wildman–Crippen MR) is 68.1 cm³/mol. The zero-order valence-corrected chi connectivity index (χ0v) is 10.8. The molecule has 1 unspecified atom stereocenters. The first-order valence-electron chi connectivity index (χ1n) is 4.50. The number of hydrogen-bond acceptors (Lipinski definition) is 4. The molecule has 2 nitrogen and oxygen atoms in total. The van der Waals surface area contributed by atoms with Crippen LogP contribution < -0.4 is 11.5 Å². The summed E-state index contributed by atoms with van der Waals surface area (Å²) in [4.78, 5) is 2.27. The molecule has 0 bridgehead atoms. The molecule has 1 rings (SSSR count). The van der Waals surface area contributed by atoms with Crippen molar-refractivity contribution >= 4 is 23.5 Å². The van der Waals surface area contributed by atoms with Crippen molar-refractivity contribution < 1.29 is 0 Å². The van der Waals surface area contributed by atoms with Crippen LogP contribution in [0, 0.1) is 5.41 Å². The molecule has 4 N–H and O–H groups in total. The van der Waals surface area contributed by atoms with E-state index in [9.17, 15) is 0 Å². The molecule has 4 heteroatoms. The van der Waals surface area contributed by atoms with E-state index >= 15 is 0 Å². The van der Waals surface area contributed by atoms with Gasteiger partial charge in [-0.25, -0.2) is 0 Å². The second kappa shape index (κ2) is 4.21. The fraction of sp³-hybridized carbons (Fsp3) is 0.600. The van der Waals surface area contributed by atoms with Gasteiger partial charge >= 0.3 is 0 Å². The van der Waals surface area contributed by atoms with E-state index in [1.54, 1.807) is 23.5 Å². The zero-order valence-electron chi connectivity index (χ0n) is 9.13. The van der Waals surface area contributed by atoms with Crippen LogP contribution >= 0.6 is 23.5 Å². The van der Waals surface area contributed by atoms with Crippen molar-refractivity contribution in [2.75, 3.05) is 12.5 Å². The minimum atomic E-state index is -0.000440. The van der Waals surface area contributed by atoms with E-state index < -0.39 is 0 Å². The molecule has 80 valence electrons. The van der Waals surface area contributed by atoms with Gasteiger partial charge in [0.15, 0.2) is 0 Å². The smallest absolute Gasteiger partial charge is 0.0562 e. The highest BCUT2D eigenvalue weighted by Gasteiger charge is 2.33. The molecule has 0 aliphatic heterocycles. The van der Waals surface area contributed by atoms with Crippen LogP contribution in [0.4, 0.5) is 0 Å². The Labute approximate surface area is 94.6 Å². The van der Waals surface area contributed by atoms with Crippen LogP contribution in [0.1, 0.15) is 13.8 Å². The highest BCUT2D eigenvalue weighted by Crippen LogP contribution is 2.41. The van der Waals surface area contributed by atoms with E-state index in [0.717, 1.165) is 15.5 Å². The van der Waals surface area contributed by atoms with E-state index in [2.05, 4.69) is 19.9 Å². The first-order chi connectivity index (χ1) is 6.44. The van der Waals surface area contributed by atoms with Gasteiger partial charge in [0, 0.05) is 21.3 Å². The lowest BCUT2D eigenvalue weighted by atomic mass is 9.81. The van der Waals surface area contributed by atoms with Gasteiger partial charge in [0.05, 0.1) is 5.70 Å². The Balaban J connectivity index is 3.18. The van der Waals surface area contributed by atoms with Gasteiger partial charge < -0.3 is 11.5 Å². The molecule has 0 spiro atoms. The molecule has 1 aliphatic rings. The Hall–Kier alpha value is -0.0600. The largest absolute Gasteiger partial charge is 0.397 e. The average Bonchev–Trinajstić information content (AvgIpc) is 2.13. The van der Waals surface area contributed by atoms with Gasteiger partial charge in [-0.3, -0.25) is 0 Å². The van der Waals surface area contributed by atoms with Crippen LogP contribution in [0.3, 0.4) is 0 Å². The lowest BCUT2D eigenvalue weighted by Gasteiger charge is -2.35. The molecule has 0 saturated heterocycles. The Bertz CT molecular complexity index is 292. The van der Waals surface area contributed by atoms with Crippen molar-refractivity contribution in [3.05, 3.63) is 21.6 Å². The normalized spacial score (nSPS) is 26.4. The second-order valence-corrected chi connectivity index (χ2v) is 5.69. The third-order valence-corrected chi connectivity index (χ3v) is 4.25. The molecule has 1 atom stereocenters. The number of nitrogens with two attached hydrogens (primary N) is 2. The van der Waals surface area contributed by atoms with Crippen LogP contribution in [0.2, 0.25) is 0 Å². The summed E-state index contributed by atoms with van der Waals surface area (Å²) in [6.45, 7) is 4.30. The Morgan fingerprint density at radius 2 is 1.86 bits per heavy atom. The van der Waals surface area contributed by atoms with Crippen LogP contribution in [0.15, 0.2) is 21.6 Å². The zero-order chi connectivity index (χ0) is 10.9. The lowest BCUT2D eigenvalue weighted by Crippen LogP contribution is -2.40. The molecule has 0 amide bonds.